The van der Waals surface area contributed by atoms with Crippen LogP contribution in [0.25, 0.3) is 10.9 Å². The highest BCUT2D eigenvalue weighted by atomic mass is 79.9. The molecule has 100 valence electrons. The van der Waals surface area contributed by atoms with Crippen molar-refractivity contribution in [2.75, 3.05) is 0 Å². The average molecular weight is 413 g/mol. The van der Waals surface area contributed by atoms with E-state index in [2.05, 4.69) is 36.8 Å². The van der Waals surface area contributed by atoms with Crippen molar-refractivity contribution in [3.05, 3.63) is 67.7 Å². The molecule has 1 aromatic heterocycles. The van der Waals surface area contributed by atoms with Crippen LogP contribution in [0.15, 0.2) is 51.5 Å². The van der Waals surface area contributed by atoms with Gasteiger partial charge in [0.1, 0.15) is 0 Å². The molecule has 3 aromatic rings. The molecule has 0 amide bonds. The molecule has 2 aromatic carbocycles. The standard InChI is InChI=1S/C15H8Br2ClNO/c16-9-2-4-14-10(6-9)11(7-19-14)15(20)8-1-3-13(18)12(17)5-8/h1-7,19H. The van der Waals surface area contributed by atoms with Crippen molar-refractivity contribution in [2.45, 2.75) is 0 Å². The minimum absolute atomic E-state index is 0.0354. The maximum atomic E-state index is 12.6. The molecule has 0 radical (unpaired) electrons. The number of aromatic amines is 1. The number of fused-ring (bicyclic) bond motifs is 1. The highest BCUT2D eigenvalue weighted by Gasteiger charge is 2.15. The van der Waals surface area contributed by atoms with E-state index in [1.807, 2.05) is 18.2 Å². The van der Waals surface area contributed by atoms with Gasteiger partial charge in [-0.2, -0.15) is 0 Å². The summed E-state index contributed by atoms with van der Waals surface area (Å²) in [6.07, 6.45) is 1.74. The van der Waals surface area contributed by atoms with E-state index in [0.29, 0.717) is 20.6 Å². The number of halogens is 3. The fourth-order valence-corrected chi connectivity index (χ4v) is 2.93. The predicted molar refractivity (Wildman–Crippen MR) is 88.6 cm³/mol. The fraction of sp³-hybridized carbons (Fsp3) is 0. The Kier molecular flexibility index (Phi) is 3.71. The molecule has 1 N–H and O–H groups in total. The molecular weight excluding hydrogens is 405 g/mol. The number of hydrogen-bond donors (Lipinski definition) is 1. The Hall–Kier alpha value is -1.10. The number of aromatic nitrogens is 1. The van der Waals surface area contributed by atoms with E-state index < -0.39 is 0 Å². The third kappa shape index (κ3) is 2.43. The number of hydrogen-bond acceptors (Lipinski definition) is 1. The van der Waals surface area contributed by atoms with Gasteiger partial charge in [-0.1, -0.05) is 27.5 Å². The van der Waals surface area contributed by atoms with Crippen LogP contribution in [0, 0.1) is 0 Å². The molecule has 0 saturated carbocycles. The van der Waals surface area contributed by atoms with E-state index >= 15 is 0 Å². The van der Waals surface area contributed by atoms with Crippen LogP contribution in [0.5, 0.6) is 0 Å². The minimum atomic E-state index is -0.0354. The number of nitrogens with one attached hydrogen (secondary N) is 1. The Morgan fingerprint density at radius 3 is 2.65 bits per heavy atom. The third-order valence-electron chi connectivity index (χ3n) is 3.07. The normalized spacial score (nSPS) is 10.9. The van der Waals surface area contributed by atoms with Crippen molar-refractivity contribution in [3.8, 4) is 0 Å². The van der Waals surface area contributed by atoms with Gasteiger partial charge in [-0.25, -0.2) is 0 Å². The first-order valence-electron chi connectivity index (χ1n) is 5.82. The van der Waals surface area contributed by atoms with Gasteiger partial charge in [-0.05, 0) is 52.3 Å². The van der Waals surface area contributed by atoms with Crippen molar-refractivity contribution in [2.24, 2.45) is 0 Å². The Balaban J connectivity index is 2.12. The summed E-state index contributed by atoms with van der Waals surface area (Å²) in [5.74, 6) is -0.0354. The summed E-state index contributed by atoms with van der Waals surface area (Å²) in [5, 5.41) is 1.48. The maximum absolute atomic E-state index is 12.6. The summed E-state index contributed by atoms with van der Waals surface area (Å²) in [4.78, 5) is 15.7. The van der Waals surface area contributed by atoms with E-state index in [4.69, 9.17) is 11.6 Å². The van der Waals surface area contributed by atoms with Crippen LogP contribution in [0.2, 0.25) is 5.02 Å². The number of ketones is 1. The number of rotatable bonds is 2. The molecule has 20 heavy (non-hydrogen) atoms. The Morgan fingerprint density at radius 1 is 1.10 bits per heavy atom. The zero-order valence-corrected chi connectivity index (χ0v) is 14.0. The quantitative estimate of drug-likeness (QED) is 0.547. The molecule has 1 heterocycles. The van der Waals surface area contributed by atoms with Crippen LogP contribution in [0.4, 0.5) is 0 Å². The zero-order chi connectivity index (χ0) is 14.3. The van der Waals surface area contributed by atoms with E-state index in [0.717, 1.165) is 15.4 Å². The Morgan fingerprint density at radius 2 is 1.90 bits per heavy atom. The molecule has 0 fully saturated rings. The number of benzene rings is 2. The first-order valence-corrected chi connectivity index (χ1v) is 7.79. The fourth-order valence-electron chi connectivity index (χ4n) is 2.07. The zero-order valence-electron chi connectivity index (χ0n) is 10.1. The second-order valence-corrected chi connectivity index (χ2v) is 6.53. The maximum Gasteiger partial charge on any atom is 0.195 e. The molecule has 0 spiro atoms. The van der Waals surface area contributed by atoms with Gasteiger partial charge in [0.2, 0.25) is 0 Å². The van der Waals surface area contributed by atoms with Gasteiger partial charge in [0.25, 0.3) is 0 Å². The van der Waals surface area contributed by atoms with Crippen molar-refractivity contribution < 1.29 is 4.79 Å². The van der Waals surface area contributed by atoms with Crippen LogP contribution in [-0.2, 0) is 0 Å². The van der Waals surface area contributed by atoms with Gasteiger partial charge in [-0.3, -0.25) is 4.79 Å². The van der Waals surface area contributed by atoms with E-state index in [1.54, 1.807) is 24.4 Å². The molecule has 0 aliphatic rings. The summed E-state index contributed by atoms with van der Waals surface area (Å²) in [7, 11) is 0. The van der Waals surface area contributed by atoms with Gasteiger partial charge in [0.05, 0.1) is 5.02 Å². The molecule has 3 rings (SSSR count). The molecule has 5 heteroatoms. The molecule has 0 atom stereocenters. The van der Waals surface area contributed by atoms with E-state index in [-0.39, 0.29) is 5.78 Å². The molecule has 0 unspecified atom stereocenters. The second-order valence-electron chi connectivity index (χ2n) is 4.35. The smallest absolute Gasteiger partial charge is 0.195 e. The van der Waals surface area contributed by atoms with Crippen molar-refractivity contribution in [3.63, 3.8) is 0 Å². The summed E-state index contributed by atoms with van der Waals surface area (Å²) in [5.41, 5.74) is 2.18. The lowest BCUT2D eigenvalue weighted by Crippen LogP contribution is -2.00. The van der Waals surface area contributed by atoms with Gasteiger partial charge in [-0.15, -0.1) is 0 Å². The highest BCUT2D eigenvalue weighted by molar-refractivity contribution is 9.10. The molecule has 0 aliphatic carbocycles. The molecule has 0 bridgehead atoms. The van der Waals surface area contributed by atoms with Crippen molar-refractivity contribution in [1.29, 1.82) is 0 Å². The number of carbonyl (C=O) groups is 1. The predicted octanol–water partition coefficient (Wildman–Crippen LogP) is 5.58. The monoisotopic (exact) mass is 411 g/mol. The SMILES string of the molecule is O=C(c1ccc(Cl)c(Br)c1)c1c[nH]c2ccc(Br)cc12. The highest BCUT2D eigenvalue weighted by Crippen LogP contribution is 2.27. The topological polar surface area (TPSA) is 32.9 Å². The van der Waals surface area contributed by atoms with Crippen molar-refractivity contribution >= 4 is 60.1 Å². The third-order valence-corrected chi connectivity index (χ3v) is 4.78. The Labute approximate surface area is 137 Å². The van der Waals surface area contributed by atoms with E-state index in [1.165, 1.54) is 0 Å². The van der Waals surface area contributed by atoms with Crippen LogP contribution in [0.1, 0.15) is 15.9 Å². The first-order chi connectivity index (χ1) is 9.56. The van der Waals surface area contributed by atoms with Gasteiger partial charge in [0.15, 0.2) is 5.78 Å². The molecule has 0 aliphatic heterocycles. The average Bonchev–Trinajstić information content (AvgIpc) is 2.84. The van der Waals surface area contributed by atoms with Crippen LogP contribution in [0.3, 0.4) is 0 Å². The summed E-state index contributed by atoms with van der Waals surface area (Å²) in [6, 6.07) is 11.0. The first kappa shape index (κ1) is 13.9. The van der Waals surface area contributed by atoms with Crippen LogP contribution >= 0.6 is 43.5 Å². The van der Waals surface area contributed by atoms with E-state index in [9.17, 15) is 4.79 Å². The molecule has 0 saturated heterocycles. The van der Waals surface area contributed by atoms with Gasteiger partial charge in [0, 0.05) is 37.2 Å². The minimum Gasteiger partial charge on any atom is -0.360 e. The Bertz CT molecular complexity index is 826. The lowest BCUT2D eigenvalue weighted by atomic mass is 10.0. The summed E-state index contributed by atoms with van der Waals surface area (Å²) in [6.45, 7) is 0. The summed E-state index contributed by atoms with van der Waals surface area (Å²) < 4.78 is 1.65. The summed E-state index contributed by atoms with van der Waals surface area (Å²) >= 11 is 12.7. The number of carbonyl (C=O) groups excluding carboxylic acids is 1. The largest absolute Gasteiger partial charge is 0.360 e. The van der Waals surface area contributed by atoms with Crippen LogP contribution < -0.4 is 0 Å². The lowest BCUT2D eigenvalue weighted by molar-refractivity contribution is 0.104. The second kappa shape index (κ2) is 5.35. The van der Waals surface area contributed by atoms with Gasteiger partial charge < -0.3 is 4.98 Å². The lowest BCUT2D eigenvalue weighted by Gasteiger charge is -2.02. The van der Waals surface area contributed by atoms with Crippen LogP contribution in [-0.4, -0.2) is 10.8 Å². The molecular formula is C15H8Br2ClNO. The van der Waals surface area contributed by atoms with Gasteiger partial charge >= 0.3 is 0 Å². The molecule has 2 nitrogen and oxygen atoms in total. The number of H-pyrrole nitrogens is 1. The van der Waals surface area contributed by atoms with Crippen molar-refractivity contribution in [1.82, 2.24) is 4.98 Å².